The van der Waals surface area contributed by atoms with Gasteiger partial charge in [-0.2, -0.15) is 0 Å². The highest BCUT2D eigenvalue weighted by molar-refractivity contribution is 5.69. The zero-order valence-electron chi connectivity index (χ0n) is 32.9. The highest BCUT2D eigenvalue weighted by atomic mass is 16.5. The lowest BCUT2D eigenvalue weighted by atomic mass is 10.0. The molecule has 46 heavy (non-hydrogen) atoms. The third kappa shape index (κ3) is 47.9. The van der Waals surface area contributed by atoms with Gasteiger partial charge in [-0.05, 0) is 12.8 Å². The Balaban J connectivity index is 0. The summed E-state index contributed by atoms with van der Waals surface area (Å²) in [5, 5.41) is 0. The topological polar surface area (TPSA) is 26.3 Å². The van der Waals surface area contributed by atoms with Crippen LogP contribution in [0, 0.1) is 0 Å². The second-order valence-electron chi connectivity index (χ2n) is 14.6. The maximum absolute atomic E-state index is 11.9. The van der Waals surface area contributed by atoms with Gasteiger partial charge < -0.3 is 4.74 Å². The van der Waals surface area contributed by atoms with E-state index in [0.717, 1.165) is 12.8 Å². The first-order valence-corrected chi connectivity index (χ1v) is 21.9. The number of rotatable bonds is 38. The van der Waals surface area contributed by atoms with Crippen LogP contribution in [0.4, 0.5) is 0 Å². The van der Waals surface area contributed by atoms with Crippen LogP contribution in [0.3, 0.4) is 0 Å². The highest BCUT2D eigenvalue weighted by Gasteiger charge is 2.03. The molecule has 0 atom stereocenters. The number of carbonyl (C=O) groups is 1. The molecule has 0 aliphatic heterocycles. The molecule has 0 aliphatic carbocycles. The number of ether oxygens (including phenoxy) is 1. The Morgan fingerprint density at radius 1 is 0.283 bits per heavy atom. The largest absolute Gasteiger partial charge is 0.466 e. The van der Waals surface area contributed by atoms with Crippen LogP contribution in [0.5, 0.6) is 0 Å². The quantitative estimate of drug-likeness (QED) is 0.0491. The van der Waals surface area contributed by atoms with Crippen molar-refractivity contribution in [2.45, 2.75) is 272 Å². The molecule has 0 spiro atoms. The third-order valence-electron chi connectivity index (χ3n) is 9.70. The van der Waals surface area contributed by atoms with Crippen molar-refractivity contribution in [3.8, 4) is 0 Å². The van der Waals surface area contributed by atoms with Crippen molar-refractivity contribution in [1.29, 1.82) is 0 Å². The number of hydrogen-bond acceptors (Lipinski definition) is 2. The third-order valence-corrected chi connectivity index (χ3v) is 9.70. The van der Waals surface area contributed by atoms with E-state index in [2.05, 4.69) is 27.7 Å². The Kier molecular flexibility index (Phi) is 48.2. The van der Waals surface area contributed by atoms with E-state index in [9.17, 15) is 4.79 Å². The molecular formula is C44H90O2. The molecule has 0 rings (SSSR count). The maximum Gasteiger partial charge on any atom is 0.305 e. The molecule has 0 saturated heterocycles. The van der Waals surface area contributed by atoms with Gasteiger partial charge >= 0.3 is 5.97 Å². The molecule has 0 amide bonds. The first-order chi connectivity index (χ1) is 22.7. The standard InChI is InChI=1S/C38H76O2.C6H14/c1-3-5-7-9-11-13-15-17-19-20-21-23-25-27-29-31-33-35-37-40-38(39)36-34-32-30-28-26-24-22-18-16-14-12-10-8-6-4-2;1-3-5-6-4-2/h3-37H2,1-2H3;3-6H2,1-2H3. The molecule has 0 radical (unpaired) electrons. The van der Waals surface area contributed by atoms with Crippen molar-refractivity contribution in [2.75, 3.05) is 6.61 Å². The first-order valence-electron chi connectivity index (χ1n) is 21.9. The van der Waals surface area contributed by atoms with E-state index < -0.39 is 0 Å². The molecule has 0 aromatic heterocycles. The average Bonchev–Trinajstić information content (AvgIpc) is 3.06. The Morgan fingerprint density at radius 2 is 0.478 bits per heavy atom. The Morgan fingerprint density at radius 3 is 0.739 bits per heavy atom. The van der Waals surface area contributed by atoms with E-state index in [1.807, 2.05) is 0 Å². The van der Waals surface area contributed by atoms with Crippen LogP contribution in [-0.4, -0.2) is 12.6 Å². The number of hydrogen-bond donors (Lipinski definition) is 0. The minimum Gasteiger partial charge on any atom is -0.466 e. The summed E-state index contributed by atoms with van der Waals surface area (Å²) in [6.07, 6.45) is 51.6. The lowest BCUT2D eigenvalue weighted by molar-refractivity contribution is -0.143. The summed E-state index contributed by atoms with van der Waals surface area (Å²) in [5.74, 6) is 0.0293. The minimum absolute atomic E-state index is 0.0293. The van der Waals surface area contributed by atoms with Crippen LogP contribution in [0.2, 0.25) is 0 Å². The normalized spacial score (nSPS) is 11.0. The van der Waals surface area contributed by atoms with Gasteiger partial charge in [0, 0.05) is 6.42 Å². The van der Waals surface area contributed by atoms with Gasteiger partial charge in [-0.25, -0.2) is 0 Å². The van der Waals surface area contributed by atoms with Crippen LogP contribution in [0.25, 0.3) is 0 Å². The van der Waals surface area contributed by atoms with Crippen LogP contribution < -0.4 is 0 Å². The molecule has 2 heteroatoms. The predicted molar refractivity (Wildman–Crippen MR) is 209 cm³/mol. The monoisotopic (exact) mass is 651 g/mol. The van der Waals surface area contributed by atoms with Gasteiger partial charge in [-0.1, -0.05) is 252 Å². The predicted octanol–water partition coefficient (Wildman–Crippen LogP) is 16.4. The summed E-state index contributed by atoms with van der Waals surface area (Å²) in [5.41, 5.74) is 0. The van der Waals surface area contributed by atoms with Crippen LogP contribution in [-0.2, 0) is 9.53 Å². The van der Waals surface area contributed by atoms with E-state index in [1.165, 1.54) is 225 Å². The van der Waals surface area contributed by atoms with E-state index in [0.29, 0.717) is 13.0 Å². The zero-order chi connectivity index (χ0) is 33.9. The summed E-state index contributed by atoms with van der Waals surface area (Å²) >= 11 is 0. The van der Waals surface area contributed by atoms with E-state index in [4.69, 9.17) is 4.74 Å². The van der Waals surface area contributed by atoms with Crippen LogP contribution in [0.1, 0.15) is 272 Å². The molecule has 0 bridgehead atoms. The van der Waals surface area contributed by atoms with Gasteiger partial charge in [0.15, 0.2) is 0 Å². The van der Waals surface area contributed by atoms with Crippen molar-refractivity contribution in [2.24, 2.45) is 0 Å². The van der Waals surface area contributed by atoms with Gasteiger partial charge in [-0.15, -0.1) is 0 Å². The molecule has 0 aromatic rings. The summed E-state index contributed by atoms with van der Waals surface area (Å²) < 4.78 is 5.45. The smallest absolute Gasteiger partial charge is 0.305 e. The molecule has 0 heterocycles. The summed E-state index contributed by atoms with van der Waals surface area (Å²) in [6, 6.07) is 0. The van der Waals surface area contributed by atoms with Crippen molar-refractivity contribution in [3.05, 3.63) is 0 Å². The van der Waals surface area contributed by atoms with Crippen molar-refractivity contribution in [3.63, 3.8) is 0 Å². The summed E-state index contributed by atoms with van der Waals surface area (Å²) in [4.78, 5) is 11.9. The van der Waals surface area contributed by atoms with Crippen LogP contribution >= 0.6 is 0 Å². The molecule has 0 saturated carbocycles. The molecule has 2 nitrogen and oxygen atoms in total. The van der Waals surface area contributed by atoms with E-state index in [1.54, 1.807) is 0 Å². The molecule has 278 valence electrons. The van der Waals surface area contributed by atoms with Gasteiger partial charge in [0.1, 0.15) is 0 Å². The first kappa shape index (κ1) is 47.6. The number of carbonyl (C=O) groups excluding carboxylic acids is 1. The molecule has 0 aromatic carbocycles. The van der Waals surface area contributed by atoms with Gasteiger partial charge in [-0.3, -0.25) is 4.79 Å². The molecule has 0 unspecified atom stereocenters. The van der Waals surface area contributed by atoms with Gasteiger partial charge in [0.2, 0.25) is 0 Å². The maximum atomic E-state index is 11.9. The second kappa shape index (κ2) is 46.6. The van der Waals surface area contributed by atoms with E-state index in [-0.39, 0.29) is 5.97 Å². The Labute approximate surface area is 293 Å². The fraction of sp³-hybridized carbons (Fsp3) is 0.977. The second-order valence-corrected chi connectivity index (χ2v) is 14.6. The fourth-order valence-corrected chi connectivity index (χ4v) is 6.40. The zero-order valence-corrected chi connectivity index (χ0v) is 32.9. The van der Waals surface area contributed by atoms with Crippen molar-refractivity contribution in [1.82, 2.24) is 0 Å². The lowest BCUT2D eigenvalue weighted by Gasteiger charge is -2.06. The molecular weight excluding hydrogens is 560 g/mol. The highest BCUT2D eigenvalue weighted by Crippen LogP contribution is 2.16. The van der Waals surface area contributed by atoms with Gasteiger partial charge in [0.05, 0.1) is 6.61 Å². The summed E-state index contributed by atoms with van der Waals surface area (Å²) in [6.45, 7) is 9.68. The molecule has 0 N–H and O–H groups in total. The van der Waals surface area contributed by atoms with E-state index >= 15 is 0 Å². The molecule has 0 fully saturated rings. The lowest BCUT2D eigenvalue weighted by Crippen LogP contribution is -2.05. The number of unbranched alkanes of at least 4 members (excludes halogenated alkanes) is 34. The molecule has 0 aliphatic rings. The SMILES string of the molecule is CCCCCC.CCCCCCCCCCCCCCCCCCCCOC(=O)CCCCCCCCCCCCCCCCC. The minimum atomic E-state index is 0.0293. The number of esters is 1. The van der Waals surface area contributed by atoms with Crippen molar-refractivity contribution >= 4 is 5.97 Å². The summed E-state index contributed by atoms with van der Waals surface area (Å²) in [7, 11) is 0. The van der Waals surface area contributed by atoms with Crippen LogP contribution in [0.15, 0.2) is 0 Å². The average molecular weight is 651 g/mol. The van der Waals surface area contributed by atoms with Crippen molar-refractivity contribution < 1.29 is 9.53 Å². The fourth-order valence-electron chi connectivity index (χ4n) is 6.40. The Bertz CT molecular complexity index is 512. The van der Waals surface area contributed by atoms with Gasteiger partial charge in [0.25, 0.3) is 0 Å². The Hall–Kier alpha value is -0.530.